The molecule has 1 aromatic carbocycles. The number of benzene rings is 1. The van der Waals surface area contributed by atoms with Crippen LogP contribution in [0.1, 0.15) is 55.6 Å². The molecule has 2 aromatic rings. The third-order valence-corrected chi connectivity index (χ3v) is 5.40. The Hall–Kier alpha value is -2.54. The van der Waals surface area contributed by atoms with Gasteiger partial charge in [0.2, 0.25) is 12.7 Å². The molecule has 1 amide bonds. The van der Waals surface area contributed by atoms with E-state index in [1.807, 2.05) is 12.1 Å². The van der Waals surface area contributed by atoms with Gasteiger partial charge in [0.15, 0.2) is 17.2 Å². The normalized spacial score (nSPS) is 16.6. The fraction of sp³-hybridized carbons (Fsp3) is 0.524. The Kier molecular flexibility index (Phi) is 5.26. The van der Waals surface area contributed by atoms with E-state index >= 15 is 0 Å². The molecule has 2 aliphatic rings. The molecule has 0 spiro atoms. The molecule has 2 heterocycles. The molecule has 7 nitrogen and oxygen atoms in total. The number of oxazole rings is 1. The average molecular weight is 385 g/mol. The van der Waals surface area contributed by atoms with E-state index in [2.05, 4.69) is 42.0 Å². The molecule has 1 atom stereocenters. The van der Waals surface area contributed by atoms with Gasteiger partial charge < -0.3 is 19.2 Å². The van der Waals surface area contributed by atoms with Crippen molar-refractivity contribution in [3.05, 3.63) is 41.6 Å². The van der Waals surface area contributed by atoms with Crippen LogP contribution >= 0.6 is 0 Å². The highest BCUT2D eigenvalue weighted by molar-refractivity contribution is 5.92. The van der Waals surface area contributed by atoms with E-state index < -0.39 is 0 Å². The van der Waals surface area contributed by atoms with Crippen molar-refractivity contribution < 1.29 is 18.7 Å². The van der Waals surface area contributed by atoms with Crippen LogP contribution in [0.2, 0.25) is 0 Å². The lowest BCUT2D eigenvalue weighted by Gasteiger charge is -2.30. The highest BCUT2D eigenvalue weighted by atomic mass is 16.7. The predicted molar refractivity (Wildman–Crippen MR) is 103 cm³/mol. The minimum atomic E-state index is -0.156. The fourth-order valence-electron chi connectivity index (χ4n) is 3.19. The average Bonchev–Trinajstić information content (AvgIpc) is 3.17. The molecule has 1 aromatic heterocycles. The summed E-state index contributed by atoms with van der Waals surface area (Å²) in [5.41, 5.74) is 1.48. The Morgan fingerprint density at radius 3 is 2.75 bits per heavy atom. The van der Waals surface area contributed by atoms with E-state index in [0.29, 0.717) is 36.1 Å². The van der Waals surface area contributed by atoms with Gasteiger partial charge in [-0.3, -0.25) is 9.69 Å². The molecule has 1 fully saturated rings. The topological polar surface area (TPSA) is 76.8 Å². The van der Waals surface area contributed by atoms with Crippen LogP contribution < -0.4 is 14.8 Å². The Labute approximate surface area is 165 Å². The minimum absolute atomic E-state index is 0.156. The molecule has 150 valence electrons. The molecule has 1 saturated carbocycles. The van der Waals surface area contributed by atoms with Crippen molar-refractivity contribution in [2.24, 2.45) is 5.92 Å². The second-order valence-electron chi connectivity index (χ2n) is 7.95. The van der Waals surface area contributed by atoms with E-state index in [9.17, 15) is 4.79 Å². The second kappa shape index (κ2) is 7.83. The van der Waals surface area contributed by atoms with E-state index in [0.717, 1.165) is 36.4 Å². The van der Waals surface area contributed by atoms with E-state index in [4.69, 9.17) is 13.9 Å². The highest BCUT2D eigenvalue weighted by Gasteiger charge is 2.26. The summed E-state index contributed by atoms with van der Waals surface area (Å²) < 4.78 is 16.5. The molecular formula is C21H27N3O4. The highest BCUT2D eigenvalue weighted by Crippen LogP contribution is 2.33. The quantitative estimate of drug-likeness (QED) is 0.751. The van der Waals surface area contributed by atoms with Crippen molar-refractivity contribution in [1.29, 1.82) is 0 Å². The zero-order valence-electron chi connectivity index (χ0n) is 16.6. The van der Waals surface area contributed by atoms with Gasteiger partial charge in [-0.05, 0) is 43.4 Å². The van der Waals surface area contributed by atoms with Crippen molar-refractivity contribution in [2.75, 3.05) is 6.79 Å². The Balaban J connectivity index is 1.47. The van der Waals surface area contributed by atoms with Crippen LogP contribution in [-0.2, 0) is 13.1 Å². The fourth-order valence-corrected chi connectivity index (χ4v) is 3.19. The van der Waals surface area contributed by atoms with Crippen LogP contribution in [0.25, 0.3) is 0 Å². The van der Waals surface area contributed by atoms with Crippen molar-refractivity contribution in [3.63, 3.8) is 0 Å². The van der Waals surface area contributed by atoms with Crippen LogP contribution in [0.3, 0.4) is 0 Å². The van der Waals surface area contributed by atoms with Crippen molar-refractivity contribution in [1.82, 2.24) is 15.2 Å². The Morgan fingerprint density at radius 1 is 1.21 bits per heavy atom. The van der Waals surface area contributed by atoms with Gasteiger partial charge in [-0.1, -0.05) is 19.9 Å². The Bertz CT molecular complexity index is 844. The van der Waals surface area contributed by atoms with Crippen molar-refractivity contribution in [3.8, 4) is 11.5 Å². The number of ether oxygens (including phenoxy) is 2. The third kappa shape index (κ3) is 4.30. The number of amides is 1. The van der Waals surface area contributed by atoms with Crippen LogP contribution in [-0.4, -0.2) is 34.7 Å². The van der Waals surface area contributed by atoms with Gasteiger partial charge in [0, 0.05) is 18.6 Å². The van der Waals surface area contributed by atoms with Crippen LogP contribution in [0, 0.1) is 5.92 Å². The lowest BCUT2D eigenvalue weighted by molar-refractivity contribution is 0.0945. The van der Waals surface area contributed by atoms with Gasteiger partial charge >= 0.3 is 0 Å². The standard InChI is InChI=1S/C21H27N3O4/c1-13(2)14(3)24(9-15-4-7-18-19(8-15)28-12-27-18)10-20-23-17(11-26-20)21(25)22-16-5-6-16/h4,7-8,11,13-14,16H,5-6,9-10,12H2,1-3H3,(H,22,25). The zero-order valence-corrected chi connectivity index (χ0v) is 16.6. The molecule has 1 unspecified atom stereocenters. The van der Waals surface area contributed by atoms with Gasteiger partial charge in [-0.25, -0.2) is 4.98 Å². The zero-order chi connectivity index (χ0) is 19.7. The summed E-state index contributed by atoms with van der Waals surface area (Å²) in [6.07, 6.45) is 3.54. The van der Waals surface area contributed by atoms with Crippen LogP contribution in [0.4, 0.5) is 0 Å². The molecule has 4 rings (SSSR count). The summed E-state index contributed by atoms with van der Waals surface area (Å²) in [5, 5.41) is 2.94. The number of fused-ring (bicyclic) bond motifs is 1. The van der Waals surface area contributed by atoms with Crippen LogP contribution in [0.5, 0.6) is 11.5 Å². The first kappa shape index (κ1) is 18.8. The van der Waals surface area contributed by atoms with Crippen molar-refractivity contribution >= 4 is 5.91 Å². The number of rotatable bonds is 8. The number of nitrogens with zero attached hydrogens (tertiary/aromatic N) is 2. The summed E-state index contributed by atoms with van der Waals surface area (Å²) in [7, 11) is 0. The maximum Gasteiger partial charge on any atom is 0.273 e. The van der Waals surface area contributed by atoms with Gasteiger partial charge in [-0.2, -0.15) is 0 Å². The van der Waals surface area contributed by atoms with Crippen LogP contribution in [0.15, 0.2) is 28.9 Å². The Morgan fingerprint density at radius 2 is 2.00 bits per heavy atom. The maximum absolute atomic E-state index is 12.2. The third-order valence-electron chi connectivity index (χ3n) is 5.40. The molecular weight excluding hydrogens is 358 g/mol. The number of aromatic nitrogens is 1. The molecule has 28 heavy (non-hydrogen) atoms. The lowest BCUT2D eigenvalue weighted by Crippen LogP contribution is -2.36. The van der Waals surface area contributed by atoms with E-state index in [1.165, 1.54) is 6.26 Å². The number of nitrogens with one attached hydrogen (secondary N) is 1. The molecule has 7 heteroatoms. The summed E-state index contributed by atoms with van der Waals surface area (Å²) in [5.74, 6) is 2.42. The molecule has 0 saturated heterocycles. The number of hydrogen-bond acceptors (Lipinski definition) is 6. The van der Waals surface area contributed by atoms with Crippen molar-refractivity contribution in [2.45, 2.75) is 58.8 Å². The first-order valence-electron chi connectivity index (χ1n) is 9.87. The summed E-state index contributed by atoms with van der Waals surface area (Å²) in [6.45, 7) is 8.11. The molecule has 0 radical (unpaired) electrons. The first-order chi connectivity index (χ1) is 13.5. The first-order valence-corrected chi connectivity index (χ1v) is 9.87. The molecule has 1 aliphatic carbocycles. The number of carbonyl (C=O) groups is 1. The summed E-state index contributed by atoms with van der Waals surface area (Å²) in [4.78, 5) is 18.9. The van der Waals surface area contributed by atoms with E-state index in [-0.39, 0.29) is 12.7 Å². The summed E-state index contributed by atoms with van der Waals surface area (Å²) >= 11 is 0. The largest absolute Gasteiger partial charge is 0.454 e. The second-order valence-corrected chi connectivity index (χ2v) is 7.95. The van der Waals surface area contributed by atoms with Gasteiger partial charge in [0.1, 0.15) is 6.26 Å². The van der Waals surface area contributed by atoms with Gasteiger partial charge in [0.05, 0.1) is 6.54 Å². The number of carbonyl (C=O) groups excluding carboxylic acids is 1. The monoisotopic (exact) mass is 385 g/mol. The van der Waals surface area contributed by atoms with Gasteiger partial charge in [0.25, 0.3) is 5.91 Å². The van der Waals surface area contributed by atoms with E-state index in [1.54, 1.807) is 0 Å². The predicted octanol–water partition coefficient (Wildman–Crippen LogP) is 3.34. The summed E-state index contributed by atoms with van der Waals surface area (Å²) in [6, 6.07) is 6.63. The maximum atomic E-state index is 12.2. The molecule has 1 N–H and O–H groups in total. The molecule has 1 aliphatic heterocycles. The number of hydrogen-bond donors (Lipinski definition) is 1. The lowest BCUT2D eigenvalue weighted by atomic mass is 10.0. The minimum Gasteiger partial charge on any atom is -0.454 e. The van der Waals surface area contributed by atoms with Gasteiger partial charge in [-0.15, -0.1) is 0 Å². The SMILES string of the molecule is CC(C)C(C)N(Cc1ccc2c(c1)OCO2)Cc1nc(C(=O)NC2CC2)co1. The molecule has 0 bridgehead atoms. The smallest absolute Gasteiger partial charge is 0.273 e.